The van der Waals surface area contributed by atoms with E-state index < -0.39 is 0 Å². The number of piperidine rings is 1. The summed E-state index contributed by atoms with van der Waals surface area (Å²) in [6.07, 6.45) is 3.58. The predicted molar refractivity (Wildman–Crippen MR) is 74.3 cm³/mol. The molecule has 1 aliphatic rings. The van der Waals surface area contributed by atoms with Gasteiger partial charge in [0, 0.05) is 40.0 Å². The zero-order valence-electron chi connectivity index (χ0n) is 11.5. The van der Waals surface area contributed by atoms with Gasteiger partial charge in [-0.3, -0.25) is 4.79 Å². The maximum absolute atomic E-state index is 12.3. The molecule has 104 valence electrons. The van der Waals surface area contributed by atoms with Crippen LogP contribution >= 0.6 is 0 Å². The van der Waals surface area contributed by atoms with Gasteiger partial charge in [-0.15, -0.1) is 0 Å². The number of aliphatic hydroxyl groups excluding tert-OH is 1. The maximum Gasteiger partial charge on any atom is 0.255 e. The van der Waals surface area contributed by atoms with Crippen molar-refractivity contribution in [1.29, 1.82) is 0 Å². The molecule has 5 nitrogen and oxygen atoms in total. The van der Waals surface area contributed by atoms with Gasteiger partial charge in [-0.2, -0.15) is 0 Å². The normalized spacial score (nSPS) is 19.3. The number of amides is 1. The Morgan fingerprint density at radius 1 is 1.53 bits per heavy atom. The molecule has 1 atom stereocenters. The molecule has 0 spiro atoms. The molecule has 2 heterocycles. The zero-order chi connectivity index (χ0) is 13.8. The lowest BCUT2D eigenvalue weighted by molar-refractivity contribution is 0.0620. The van der Waals surface area contributed by atoms with Crippen LogP contribution in [-0.2, 0) is 0 Å². The molecule has 19 heavy (non-hydrogen) atoms. The van der Waals surface area contributed by atoms with Gasteiger partial charge in [-0.25, -0.2) is 4.98 Å². The van der Waals surface area contributed by atoms with Crippen molar-refractivity contribution >= 4 is 11.7 Å². The fraction of sp³-hybridized carbons (Fsp3) is 0.571. The molecule has 1 aromatic rings. The van der Waals surface area contributed by atoms with Crippen molar-refractivity contribution in [2.45, 2.75) is 12.8 Å². The quantitative estimate of drug-likeness (QED) is 0.883. The summed E-state index contributed by atoms with van der Waals surface area (Å²) in [6.45, 7) is 1.57. The second kappa shape index (κ2) is 6.02. The van der Waals surface area contributed by atoms with E-state index in [2.05, 4.69) is 4.98 Å². The van der Waals surface area contributed by atoms with Crippen LogP contribution in [0.5, 0.6) is 0 Å². The maximum atomic E-state index is 12.3. The Hall–Kier alpha value is -1.62. The Bertz CT molecular complexity index is 431. The molecule has 5 heteroatoms. The predicted octanol–water partition coefficient (Wildman–Crippen LogP) is 0.992. The summed E-state index contributed by atoms with van der Waals surface area (Å²) in [4.78, 5) is 20.3. The zero-order valence-corrected chi connectivity index (χ0v) is 11.5. The third-order valence-electron chi connectivity index (χ3n) is 3.52. The number of nitrogens with zero attached hydrogens (tertiary/aromatic N) is 3. The molecule has 1 aromatic heterocycles. The summed E-state index contributed by atoms with van der Waals surface area (Å²) in [5, 5.41) is 9.20. The lowest BCUT2D eigenvalue weighted by Gasteiger charge is -2.31. The van der Waals surface area contributed by atoms with Crippen LogP contribution in [0.15, 0.2) is 18.3 Å². The summed E-state index contributed by atoms with van der Waals surface area (Å²) in [7, 11) is 3.83. The third-order valence-corrected chi connectivity index (χ3v) is 3.52. The molecule has 0 aliphatic carbocycles. The highest BCUT2D eigenvalue weighted by molar-refractivity contribution is 5.94. The molecule has 0 saturated carbocycles. The van der Waals surface area contributed by atoms with E-state index >= 15 is 0 Å². The van der Waals surface area contributed by atoms with Gasteiger partial charge in [-0.05, 0) is 30.9 Å². The van der Waals surface area contributed by atoms with Gasteiger partial charge in [0.05, 0.1) is 5.56 Å². The lowest BCUT2D eigenvalue weighted by atomic mass is 9.98. The van der Waals surface area contributed by atoms with Crippen LogP contribution in [0.25, 0.3) is 0 Å². The van der Waals surface area contributed by atoms with Crippen LogP contribution in [0.1, 0.15) is 23.2 Å². The molecule has 0 aromatic carbocycles. The topological polar surface area (TPSA) is 56.7 Å². The molecule has 1 fully saturated rings. The van der Waals surface area contributed by atoms with Crippen LogP contribution in [0.4, 0.5) is 5.82 Å². The highest BCUT2D eigenvalue weighted by atomic mass is 16.3. The SMILES string of the molecule is CN(C)c1ccc(C(=O)N2CCCC(CO)C2)cn1. The molecule has 1 unspecified atom stereocenters. The van der Waals surface area contributed by atoms with Gasteiger partial charge >= 0.3 is 0 Å². The van der Waals surface area contributed by atoms with Gasteiger partial charge in [0.2, 0.25) is 0 Å². The molecule has 1 N–H and O–H groups in total. The van der Waals surface area contributed by atoms with Gasteiger partial charge < -0.3 is 14.9 Å². The van der Waals surface area contributed by atoms with Gasteiger partial charge in [0.1, 0.15) is 5.82 Å². The fourth-order valence-corrected chi connectivity index (χ4v) is 2.36. The fourth-order valence-electron chi connectivity index (χ4n) is 2.36. The summed E-state index contributed by atoms with van der Waals surface area (Å²) in [6, 6.07) is 3.66. The van der Waals surface area contributed by atoms with E-state index in [1.54, 1.807) is 6.20 Å². The Morgan fingerprint density at radius 2 is 2.32 bits per heavy atom. The first kappa shape index (κ1) is 13.8. The lowest BCUT2D eigenvalue weighted by Crippen LogP contribution is -2.41. The first-order valence-electron chi connectivity index (χ1n) is 6.65. The molecular formula is C14H21N3O2. The molecule has 2 rings (SSSR count). The van der Waals surface area contributed by atoms with Crippen LogP contribution in [-0.4, -0.2) is 54.7 Å². The second-order valence-corrected chi connectivity index (χ2v) is 5.24. The van der Waals surface area contributed by atoms with Crippen LogP contribution in [0.2, 0.25) is 0 Å². The Kier molecular flexibility index (Phi) is 4.37. The minimum Gasteiger partial charge on any atom is -0.396 e. The summed E-state index contributed by atoms with van der Waals surface area (Å²) in [5.74, 6) is 1.06. The number of anilines is 1. The minimum absolute atomic E-state index is 0.0101. The summed E-state index contributed by atoms with van der Waals surface area (Å²) < 4.78 is 0. The standard InChI is InChI=1S/C14H21N3O2/c1-16(2)13-6-5-12(8-15-13)14(19)17-7-3-4-11(9-17)10-18/h5-6,8,11,18H,3-4,7,9-10H2,1-2H3. The highest BCUT2D eigenvalue weighted by Crippen LogP contribution is 2.18. The number of carbonyl (C=O) groups excluding carboxylic acids is 1. The van der Waals surface area contributed by atoms with Crippen molar-refractivity contribution in [3.8, 4) is 0 Å². The number of pyridine rings is 1. The third kappa shape index (κ3) is 3.23. The van der Waals surface area contributed by atoms with E-state index in [1.807, 2.05) is 36.0 Å². The van der Waals surface area contributed by atoms with Crippen molar-refractivity contribution in [3.63, 3.8) is 0 Å². The molecular weight excluding hydrogens is 242 g/mol. The van der Waals surface area contributed by atoms with Gasteiger partial charge in [0.25, 0.3) is 5.91 Å². The van der Waals surface area contributed by atoms with Crippen LogP contribution < -0.4 is 4.90 Å². The van der Waals surface area contributed by atoms with E-state index in [1.165, 1.54) is 0 Å². The first-order chi connectivity index (χ1) is 9.11. The number of hydrogen-bond donors (Lipinski definition) is 1. The van der Waals surface area contributed by atoms with Crippen LogP contribution in [0, 0.1) is 5.92 Å². The highest BCUT2D eigenvalue weighted by Gasteiger charge is 2.24. The number of rotatable bonds is 3. The number of carbonyl (C=O) groups is 1. The van der Waals surface area contributed by atoms with E-state index in [4.69, 9.17) is 0 Å². The Balaban J connectivity index is 2.06. The minimum atomic E-state index is 0.0101. The average molecular weight is 263 g/mol. The largest absolute Gasteiger partial charge is 0.396 e. The van der Waals surface area contributed by atoms with E-state index in [0.717, 1.165) is 25.2 Å². The van der Waals surface area contributed by atoms with Gasteiger partial charge in [0.15, 0.2) is 0 Å². The first-order valence-corrected chi connectivity index (χ1v) is 6.65. The van der Waals surface area contributed by atoms with Crippen molar-refractivity contribution in [2.24, 2.45) is 5.92 Å². The molecule has 1 aliphatic heterocycles. The Labute approximate surface area is 113 Å². The van der Waals surface area contributed by atoms with Crippen molar-refractivity contribution < 1.29 is 9.90 Å². The average Bonchev–Trinajstić information content (AvgIpc) is 2.46. The van der Waals surface area contributed by atoms with Crippen molar-refractivity contribution in [3.05, 3.63) is 23.9 Å². The van der Waals surface area contributed by atoms with Crippen molar-refractivity contribution in [1.82, 2.24) is 9.88 Å². The van der Waals surface area contributed by atoms with Crippen molar-refractivity contribution in [2.75, 3.05) is 38.7 Å². The van der Waals surface area contributed by atoms with E-state index in [-0.39, 0.29) is 18.4 Å². The van der Waals surface area contributed by atoms with E-state index in [9.17, 15) is 9.90 Å². The number of likely N-dealkylation sites (tertiary alicyclic amines) is 1. The van der Waals surface area contributed by atoms with E-state index in [0.29, 0.717) is 12.1 Å². The number of aliphatic hydroxyl groups is 1. The molecule has 1 saturated heterocycles. The number of hydrogen-bond acceptors (Lipinski definition) is 4. The molecule has 0 bridgehead atoms. The second-order valence-electron chi connectivity index (χ2n) is 5.24. The van der Waals surface area contributed by atoms with Crippen LogP contribution in [0.3, 0.4) is 0 Å². The monoisotopic (exact) mass is 263 g/mol. The Morgan fingerprint density at radius 3 is 2.89 bits per heavy atom. The molecule has 0 radical (unpaired) electrons. The summed E-state index contributed by atoms with van der Waals surface area (Å²) in [5.41, 5.74) is 0.615. The van der Waals surface area contributed by atoms with Gasteiger partial charge in [-0.1, -0.05) is 0 Å². The summed E-state index contributed by atoms with van der Waals surface area (Å²) >= 11 is 0. The smallest absolute Gasteiger partial charge is 0.255 e. The number of aromatic nitrogens is 1. The molecule has 1 amide bonds.